The molecule has 1 atom stereocenters. The minimum absolute atomic E-state index is 0.160. The van der Waals surface area contributed by atoms with Crippen molar-refractivity contribution in [3.05, 3.63) is 58.6 Å². The summed E-state index contributed by atoms with van der Waals surface area (Å²) in [7, 11) is 0. The van der Waals surface area contributed by atoms with Crippen LogP contribution in [0.5, 0.6) is 5.88 Å². The van der Waals surface area contributed by atoms with Crippen molar-refractivity contribution in [2.75, 3.05) is 10.7 Å². The number of halogens is 1. The van der Waals surface area contributed by atoms with Crippen molar-refractivity contribution in [1.82, 2.24) is 15.2 Å². The van der Waals surface area contributed by atoms with E-state index < -0.39 is 6.23 Å². The van der Waals surface area contributed by atoms with Crippen molar-refractivity contribution >= 4 is 35.0 Å². The molecule has 32 heavy (non-hydrogen) atoms. The molecule has 2 heterocycles. The van der Waals surface area contributed by atoms with Gasteiger partial charge < -0.3 is 4.74 Å². The molecule has 1 aliphatic rings. The molecule has 0 saturated carbocycles. The molecule has 0 aliphatic carbocycles. The molecule has 1 unspecified atom stereocenters. The monoisotopic (exact) mass is 468 g/mol. The second kappa shape index (κ2) is 9.46. The van der Waals surface area contributed by atoms with Crippen molar-refractivity contribution in [1.29, 1.82) is 0 Å². The van der Waals surface area contributed by atoms with Gasteiger partial charge in [0, 0.05) is 28.8 Å². The maximum atomic E-state index is 12.8. The number of amides is 1. The number of thioether (sulfide) groups is 1. The number of carbonyl (C=O) groups is 1. The first-order chi connectivity index (χ1) is 15.3. The molecule has 3 aromatic rings. The Morgan fingerprint density at radius 2 is 2.03 bits per heavy atom. The van der Waals surface area contributed by atoms with Gasteiger partial charge in [-0.2, -0.15) is 4.98 Å². The number of ether oxygens (including phenoxy) is 1. The third-order valence-electron chi connectivity index (χ3n) is 5.16. The first-order valence-electron chi connectivity index (χ1n) is 10.5. The average molecular weight is 469 g/mol. The smallest absolute Gasteiger partial charge is 0.247 e. The predicted molar refractivity (Wildman–Crippen MR) is 128 cm³/mol. The lowest BCUT2D eigenvalue weighted by Crippen LogP contribution is -2.36. The van der Waals surface area contributed by atoms with Crippen LogP contribution >= 0.6 is 23.4 Å². The summed E-state index contributed by atoms with van der Waals surface area (Å²) in [6.45, 7) is 7.89. The van der Waals surface area contributed by atoms with Crippen molar-refractivity contribution in [2.45, 2.75) is 45.5 Å². The quantitative estimate of drug-likeness (QED) is 0.422. The first kappa shape index (κ1) is 22.6. The molecule has 166 valence electrons. The highest BCUT2D eigenvalue weighted by Gasteiger charge is 2.34. The van der Waals surface area contributed by atoms with Crippen molar-refractivity contribution < 1.29 is 9.53 Å². The highest BCUT2D eigenvalue weighted by Crippen LogP contribution is 2.44. The van der Waals surface area contributed by atoms with E-state index in [-0.39, 0.29) is 5.91 Å². The number of nitrogens with zero attached hydrogens (tertiary/aromatic N) is 4. The van der Waals surface area contributed by atoms with Crippen LogP contribution in [0.2, 0.25) is 5.02 Å². The van der Waals surface area contributed by atoms with Gasteiger partial charge >= 0.3 is 0 Å². The maximum Gasteiger partial charge on any atom is 0.247 e. The van der Waals surface area contributed by atoms with Gasteiger partial charge in [0.15, 0.2) is 5.69 Å². The fraction of sp³-hybridized carbons (Fsp3) is 0.333. The molecule has 1 amide bonds. The van der Waals surface area contributed by atoms with E-state index >= 15 is 0 Å². The third kappa shape index (κ3) is 4.74. The highest BCUT2D eigenvalue weighted by atomic mass is 35.5. The zero-order chi connectivity index (χ0) is 22.8. The van der Waals surface area contributed by atoms with Crippen LogP contribution in [0, 0.1) is 12.8 Å². The molecular formula is C24H25ClN4O2S. The summed E-state index contributed by atoms with van der Waals surface area (Å²) in [6.07, 6.45) is 0.316. The second-order valence-electron chi connectivity index (χ2n) is 8.21. The molecule has 4 rings (SSSR count). The molecule has 1 aromatic heterocycles. The fourth-order valence-corrected chi connectivity index (χ4v) is 4.76. The molecule has 8 heteroatoms. The van der Waals surface area contributed by atoms with Crippen molar-refractivity contribution in [3.8, 4) is 17.1 Å². The van der Waals surface area contributed by atoms with E-state index in [1.54, 1.807) is 28.8 Å². The van der Waals surface area contributed by atoms with E-state index in [1.807, 2.05) is 37.3 Å². The minimum Gasteiger partial charge on any atom is -0.447 e. The van der Waals surface area contributed by atoms with Gasteiger partial charge in [-0.1, -0.05) is 61.0 Å². The van der Waals surface area contributed by atoms with Gasteiger partial charge in [0.05, 0.1) is 5.69 Å². The van der Waals surface area contributed by atoms with E-state index in [1.165, 1.54) is 6.92 Å². The Morgan fingerprint density at radius 3 is 2.75 bits per heavy atom. The molecule has 0 radical (unpaired) electrons. The normalized spacial score (nSPS) is 15.1. The Kier molecular flexibility index (Phi) is 6.67. The molecule has 0 fully saturated rings. The fourth-order valence-electron chi connectivity index (χ4n) is 3.54. The zero-order valence-corrected chi connectivity index (χ0v) is 20.1. The molecule has 0 saturated heterocycles. The number of aryl methyl sites for hydroxylation is 1. The SMILES string of the molecule is CC(=O)N1c2ccc(C)cc2-c2nnc(SCCC(C)C)nc2OC1c1cccc(Cl)c1. The van der Waals surface area contributed by atoms with Crippen molar-refractivity contribution in [3.63, 3.8) is 0 Å². The van der Waals surface area contributed by atoms with Gasteiger partial charge in [0.2, 0.25) is 23.2 Å². The van der Waals surface area contributed by atoms with Crippen LogP contribution in [-0.4, -0.2) is 26.8 Å². The topological polar surface area (TPSA) is 68.2 Å². The number of benzene rings is 2. The summed E-state index contributed by atoms with van der Waals surface area (Å²) in [5, 5.41) is 9.93. The largest absolute Gasteiger partial charge is 0.447 e. The average Bonchev–Trinajstić information content (AvgIpc) is 2.87. The minimum atomic E-state index is -0.737. The van der Waals surface area contributed by atoms with Crippen LogP contribution in [0.4, 0.5) is 5.69 Å². The lowest BCUT2D eigenvalue weighted by Gasteiger charge is -2.30. The molecule has 0 bridgehead atoms. The lowest BCUT2D eigenvalue weighted by molar-refractivity contribution is -0.118. The third-order valence-corrected chi connectivity index (χ3v) is 6.27. The number of hydrogen-bond donors (Lipinski definition) is 0. The van der Waals surface area contributed by atoms with E-state index in [0.29, 0.717) is 33.4 Å². The predicted octanol–water partition coefficient (Wildman–Crippen LogP) is 6.08. The van der Waals surface area contributed by atoms with Gasteiger partial charge in [0.25, 0.3) is 0 Å². The number of rotatable bonds is 5. The van der Waals surface area contributed by atoms with E-state index in [9.17, 15) is 4.79 Å². The molecule has 0 spiro atoms. The Balaban J connectivity index is 1.85. The van der Waals surface area contributed by atoms with Crippen LogP contribution in [0.25, 0.3) is 11.3 Å². The van der Waals surface area contributed by atoms with Crippen LogP contribution in [0.15, 0.2) is 47.6 Å². The maximum absolute atomic E-state index is 12.8. The Morgan fingerprint density at radius 1 is 1.22 bits per heavy atom. The van der Waals surface area contributed by atoms with Crippen molar-refractivity contribution in [2.24, 2.45) is 5.92 Å². The Bertz CT molecular complexity index is 1150. The van der Waals surface area contributed by atoms with Gasteiger partial charge in [-0.25, -0.2) is 0 Å². The summed E-state index contributed by atoms with van der Waals surface area (Å²) < 4.78 is 6.38. The Labute approximate surface area is 197 Å². The van der Waals surface area contributed by atoms with Gasteiger partial charge in [-0.05, 0) is 43.5 Å². The molecular weight excluding hydrogens is 444 g/mol. The standard InChI is InChI=1S/C24H25ClN4O2S/c1-14(2)10-11-32-24-26-22-21(27-28-24)19-12-15(3)8-9-20(19)29(16(4)30)23(31-22)17-6-5-7-18(25)13-17/h5-9,12-14,23H,10-11H2,1-4H3. The van der Waals surface area contributed by atoms with Crippen LogP contribution in [0.1, 0.15) is 44.5 Å². The number of aromatic nitrogens is 3. The summed E-state index contributed by atoms with van der Waals surface area (Å²) in [5.41, 5.74) is 3.77. The summed E-state index contributed by atoms with van der Waals surface area (Å²) in [4.78, 5) is 19.2. The van der Waals surface area contributed by atoms with Gasteiger partial charge in [0.1, 0.15) is 0 Å². The van der Waals surface area contributed by atoms with Gasteiger partial charge in [-0.15, -0.1) is 10.2 Å². The first-order valence-corrected chi connectivity index (χ1v) is 11.9. The van der Waals surface area contributed by atoms with E-state index in [4.69, 9.17) is 16.3 Å². The lowest BCUT2D eigenvalue weighted by atomic mass is 10.0. The number of hydrogen-bond acceptors (Lipinski definition) is 6. The van der Waals surface area contributed by atoms with Crippen LogP contribution in [0.3, 0.4) is 0 Å². The highest BCUT2D eigenvalue weighted by molar-refractivity contribution is 7.99. The van der Waals surface area contributed by atoms with E-state index in [0.717, 1.165) is 28.9 Å². The summed E-state index contributed by atoms with van der Waals surface area (Å²) in [5.74, 6) is 1.68. The van der Waals surface area contributed by atoms with E-state index in [2.05, 4.69) is 29.0 Å². The number of carbonyl (C=O) groups excluding carboxylic acids is 1. The van der Waals surface area contributed by atoms with Crippen LogP contribution < -0.4 is 9.64 Å². The molecule has 6 nitrogen and oxygen atoms in total. The number of fused-ring (bicyclic) bond motifs is 3. The summed E-state index contributed by atoms with van der Waals surface area (Å²) in [6, 6.07) is 13.2. The zero-order valence-electron chi connectivity index (χ0n) is 18.5. The summed E-state index contributed by atoms with van der Waals surface area (Å²) >= 11 is 7.81. The number of anilines is 1. The molecule has 0 N–H and O–H groups in total. The van der Waals surface area contributed by atoms with Gasteiger partial charge in [-0.3, -0.25) is 9.69 Å². The van der Waals surface area contributed by atoms with Crippen LogP contribution in [-0.2, 0) is 4.79 Å². The second-order valence-corrected chi connectivity index (χ2v) is 9.71. The molecule has 2 aromatic carbocycles. The Hall–Kier alpha value is -2.64. The molecule has 1 aliphatic heterocycles.